The first-order valence-corrected chi connectivity index (χ1v) is 6.67. The summed E-state index contributed by atoms with van der Waals surface area (Å²) in [5.74, 6) is -0.128. The first kappa shape index (κ1) is 13.7. The van der Waals surface area contributed by atoms with Crippen LogP contribution in [0.2, 0.25) is 0 Å². The number of halogens is 2. The average molecular weight is 288 g/mol. The van der Waals surface area contributed by atoms with Crippen LogP contribution in [0, 0.1) is 5.82 Å². The number of rotatable bonds is 6. The summed E-state index contributed by atoms with van der Waals surface area (Å²) in [6, 6.07) is 5.26. The molecule has 0 radical (unpaired) electrons. The fourth-order valence-corrected chi connectivity index (χ4v) is 2.42. The second kappa shape index (κ2) is 7.02. The lowest BCUT2D eigenvalue weighted by molar-refractivity contribution is 0.467. The molecule has 1 N–H and O–H groups in total. The lowest BCUT2D eigenvalue weighted by atomic mass is 10.0. The summed E-state index contributed by atoms with van der Waals surface area (Å²) in [5.41, 5.74) is 0.762. The molecule has 1 unspecified atom stereocenters. The van der Waals surface area contributed by atoms with Gasteiger partial charge in [0.25, 0.3) is 0 Å². The number of hydrogen-bond acceptors (Lipinski definition) is 1. The molecule has 0 heterocycles. The van der Waals surface area contributed by atoms with Gasteiger partial charge in [-0.1, -0.05) is 42.3 Å². The molecule has 0 aliphatic rings. The molecule has 0 saturated carbocycles. The van der Waals surface area contributed by atoms with E-state index in [4.69, 9.17) is 0 Å². The number of hydrogen-bond donors (Lipinski definition) is 1. The van der Waals surface area contributed by atoms with Crippen LogP contribution in [0.15, 0.2) is 22.7 Å². The van der Waals surface area contributed by atoms with Gasteiger partial charge >= 0.3 is 0 Å². The van der Waals surface area contributed by atoms with Crippen molar-refractivity contribution >= 4 is 15.9 Å². The van der Waals surface area contributed by atoms with E-state index in [0.29, 0.717) is 0 Å². The monoisotopic (exact) mass is 287 g/mol. The van der Waals surface area contributed by atoms with Gasteiger partial charge in [0.2, 0.25) is 0 Å². The molecule has 0 aliphatic heterocycles. The third-order valence-electron chi connectivity index (χ3n) is 2.57. The maximum absolute atomic E-state index is 13.8. The Hall–Kier alpha value is -0.410. The molecule has 0 amide bonds. The van der Waals surface area contributed by atoms with E-state index < -0.39 is 0 Å². The first-order chi connectivity index (χ1) is 7.70. The summed E-state index contributed by atoms with van der Waals surface area (Å²) in [5, 5.41) is 3.40. The van der Waals surface area contributed by atoms with Crippen molar-refractivity contribution in [3.05, 3.63) is 34.1 Å². The molecule has 90 valence electrons. The predicted octanol–water partition coefficient (Wildman–Crippen LogP) is 4.43. The van der Waals surface area contributed by atoms with Crippen LogP contribution in [0.4, 0.5) is 4.39 Å². The van der Waals surface area contributed by atoms with Crippen molar-refractivity contribution < 1.29 is 4.39 Å². The summed E-state index contributed by atoms with van der Waals surface area (Å²) < 4.78 is 14.6. The quantitative estimate of drug-likeness (QED) is 0.816. The molecule has 3 heteroatoms. The summed E-state index contributed by atoms with van der Waals surface area (Å²) in [6.07, 6.45) is 3.06. The van der Waals surface area contributed by atoms with Crippen molar-refractivity contribution in [3.63, 3.8) is 0 Å². The topological polar surface area (TPSA) is 12.0 Å². The van der Waals surface area contributed by atoms with E-state index in [1.54, 1.807) is 6.07 Å². The van der Waals surface area contributed by atoms with Gasteiger partial charge in [-0.2, -0.15) is 0 Å². The van der Waals surface area contributed by atoms with Crippen LogP contribution in [0.3, 0.4) is 0 Å². The third-order valence-corrected chi connectivity index (χ3v) is 3.26. The molecule has 0 aromatic heterocycles. The van der Waals surface area contributed by atoms with Crippen LogP contribution in [-0.4, -0.2) is 6.54 Å². The van der Waals surface area contributed by atoms with Crippen molar-refractivity contribution in [1.29, 1.82) is 0 Å². The summed E-state index contributed by atoms with van der Waals surface area (Å²) in [7, 11) is 0. The lowest BCUT2D eigenvalue weighted by Crippen LogP contribution is -2.23. The molecule has 1 atom stereocenters. The normalized spacial score (nSPS) is 12.8. The fraction of sp³-hybridized carbons (Fsp3) is 0.538. The van der Waals surface area contributed by atoms with Crippen LogP contribution in [-0.2, 0) is 0 Å². The van der Waals surface area contributed by atoms with Gasteiger partial charge in [0.1, 0.15) is 5.82 Å². The van der Waals surface area contributed by atoms with E-state index in [1.807, 2.05) is 6.07 Å². The molecule has 1 nitrogen and oxygen atoms in total. The van der Waals surface area contributed by atoms with E-state index in [1.165, 1.54) is 6.07 Å². The van der Waals surface area contributed by atoms with Crippen LogP contribution in [0.25, 0.3) is 0 Å². The van der Waals surface area contributed by atoms with Crippen molar-refractivity contribution in [1.82, 2.24) is 5.32 Å². The molecule has 0 spiro atoms. The highest BCUT2D eigenvalue weighted by Crippen LogP contribution is 2.29. The van der Waals surface area contributed by atoms with Gasteiger partial charge in [-0.25, -0.2) is 4.39 Å². The molecule has 0 bridgehead atoms. The van der Waals surface area contributed by atoms with Gasteiger partial charge in [0.05, 0.1) is 0 Å². The van der Waals surface area contributed by atoms with E-state index in [2.05, 4.69) is 35.1 Å². The van der Waals surface area contributed by atoms with Gasteiger partial charge in [0, 0.05) is 16.1 Å². The standard InChI is InChI=1S/C13H19BrFN/c1-3-6-12(16-9-4-2)13-10(14)7-5-8-11(13)15/h5,7-8,12,16H,3-4,6,9H2,1-2H3. The summed E-state index contributed by atoms with van der Waals surface area (Å²) in [6.45, 7) is 5.16. The van der Waals surface area contributed by atoms with Crippen molar-refractivity contribution in [2.75, 3.05) is 6.54 Å². The molecule has 0 aliphatic carbocycles. The molecule has 1 aromatic carbocycles. The molecular weight excluding hydrogens is 269 g/mol. The maximum atomic E-state index is 13.8. The molecule has 1 rings (SSSR count). The molecule has 0 saturated heterocycles. The minimum absolute atomic E-state index is 0.112. The number of nitrogens with one attached hydrogen (secondary N) is 1. The highest BCUT2D eigenvalue weighted by molar-refractivity contribution is 9.10. The smallest absolute Gasteiger partial charge is 0.129 e. The van der Waals surface area contributed by atoms with E-state index in [0.717, 1.165) is 35.8 Å². The van der Waals surface area contributed by atoms with Crippen molar-refractivity contribution in [2.24, 2.45) is 0 Å². The SMILES string of the molecule is CCCNC(CCC)c1c(F)cccc1Br. The van der Waals surface area contributed by atoms with E-state index in [9.17, 15) is 4.39 Å². The van der Waals surface area contributed by atoms with E-state index in [-0.39, 0.29) is 11.9 Å². The zero-order valence-corrected chi connectivity index (χ0v) is 11.5. The zero-order valence-electron chi connectivity index (χ0n) is 9.89. The molecule has 0 fully saturated rings. The van der Waals surface area contributed by atoms with Crippen molar-refractivity contribution in [2.45, 2.75) is 39.2 Å². The van der Waals surface area contributed by atoms with Gasteiger partial charge in [-0.3, -0.25) is 0 Å². The fourth-order valence-electron chi connectivity index (χ4n) is 1.80. The first-order valence-electron chi connectivity index (χ1n) is 5.88. The van der Waals surface area contributed by atoms with Crippen LogP contribution in [0.1, 0.15) is 44.7 Å². The van der Waals surface area contributed by atoms with Crippen LogP contribution in [0.5, 0.6) is 0 Å². The van der Waals surface area contributed by atoms with Crippen LogP contribution >= 0.6 is 15.9 Å². The second-order valence-corrected chi connectivity index (χ2v) is 4.79. The highest BCUT2D eigenvalue weighted by Gasteiger charge is 2.16. The van der Waals surface area contributed by atoms with Crippen LogP contribution < -0.4 is 5.32 Å². The predicted molar refractivity (Wildman–Crippen MR) is 70.0 cm³/mol. The zero-order chi connectivity index (χ0) is 12.0. The Morgan fingerprint density at radius 1 is 1.31 bits per heavy atom. The second-order valence-electron chi connectivity index (χ2n) is 3.93. The van der Waals surface area contributed by atoms with Gasteiger partial charge in [-0.15, -0.1) is 0 Å². The highest BCUT2D eigenvalue weighted by atomic mass is 79.9. The summed E-state index contributed by atoms with van der Waals surface area (Å²) in [4.78, 5) is 0. The third kappa shape index (κ3) is 3.56. The van der Waals surface area contributed by atoms with Gasteiger partial charge in [0.15, 0.2) is 0 Å². The Morgan fingerprint density at radius 2 is 2.06 bits per heavy atom. The Balaban J connectivity index is 2.90. The average Bonchev–Trinajstić information content (AvgIpc) is 2.25. The van der Waals surface area contributed by atoms with Gasteiger partial charge < -0.3 is 5.32 Å². The summed E-state index contributed by atoms with van der Waals surface area (Å²) >= 11 is 3.43. The molecule has 1 aromatic rings. The Bertz CT molecular complexity index is 307. The van der Waals surface area contributed by atoms with Crippen molar-refractivity contribution in [3.8, 4) is 0 Å². The molecular formula is C13H19BrFN. The minimum Gasteiger partial charge on any atom is -0.310 e. The lowest BCUT2D eigenvalue weighted by Gasteiger charge is -2.20. The Morgan fingerprint density at radius 3 is 2.62 bits per heavy atom. The number of benzene rings is 1. The largest absolute Gasteiger partial charge is 0.310 e. The Kier molecular flexibility index (Phi) is 5.99. The Labute approximate surface area is 106 Å². The minimum atomic E-state index is -0.128. The van der Waals surface area contributed by atoms with Gasteiger partial charge in [-0.05, 0) is 31.5 Å². The maximum Gasteiger partial charge on any atom is 0.129 e. The van der Waals surface area contributed by atoms with E-state index >= 15 is 0 Å². The molecule has 16 heavy (non-hydrogen) atoms.